The quantitative estimate of drug-likeness (QED) is 0.776. The first kappa shape index (κ1) is 10.8. The molecule has 0 amide bonds. The number of hydrogen-bond donors (Lipinski definition) is 0. The van der Waals surface area contributed by atoms with Crippen LogP contribution in [0.15, 0.2) is 49.1 Å². The Morgan fingerprint density at radius 3 is 1.69 bits per heavy atom. The minimum Gasteiger partial charge on any atom is -0.265 e. The molecule has 0 N–H and O–H groups in total. The Kier molecular flexibility index (Phi) is 3.65. The highest BCUT2D eigenvalue weighted by atomic mass is 14.6. The molecule has 0 saturated carbocycles. The molecular weight excluding hydrogens is 196 g/mol. The highest BCUT2D eigenvalue weighted by Gasteiger charge is 2.12. The lowest BCUT2D eigenvalue weighted by Gasteiger charge is -2.16. The predicted molar refractivity (Wildman–Crippen MR) is 65.2 cm³/mol. The lowest BCUT2D eigenvalue weighted by atomic mass is 9.89. The van der Waals surface area contributed by atoms with Crippen molar-refractivity contribution < 1.29 is 0 Å². The van der Waals surface area contributed by atoms with Crippen LogP contribution in [0.4, 0.5) is 0 Å². The van der Waals surface area contributed by atoms with E-state index in [1.165, 1.54) is 17.5 Å². The molecule has 0 aliphatic carbocycles. The maximum absolute atomic E-state index is 4.07. The molecule has 2 rings (SSSR count). The Balaban J connectivity index is 2.31. The summed E-state index contributed by atoms with van der Waals surface area (Å²) in [4.78, 5) is 8.14. The molecule has 0 unspecified atom stereocenters. The molecule has 0 aliphatic rings. The third-order valence-electron chi connectivity index (χ3n) is 2.79. The molecule has 0 bridgehead atoms. The van der Waals surface area contributed by atoms with Gasteiger partial charge in [0.05, 0.1) is 0 Å². The molecule has 0 radical (unpaired) electrons. The van der Waals surface area contributed by atoms with Crippen molar-refractivity contribution in [3.63, 3.8) is 0 Å². The van der Waals surface area contributed by atoms with Crippen molar-refractivity contribution in [2.75, 3.05) is 0 Å². The van der Waals surface area contributed by atoms with Gasteiger partial charge in [0.2, 0.25) is 0 Å². The summed E-state index contributed by atoms with van der Waals surface area (Å²) >= 11 is 0. The second-order valence-electron chi connectivity index (χ2n) is 3.90. The second-order valence-corrected chi connectivity index (χ2v) is 3.90. The number of nitrogens with zero attached hydrogens (tertiary/aromatic N) is 2. The standard InChI is InChI=1S/C14H16N2/c1-2-3-14(12-4-8-15-9-5-12)13-6-10-16-11-7-13/h4-11,14H,2-3H2,1H3. The first-order valence-corrected chi connectivity index (χ1v) is 5.71. The summed E-state index contributed by atoms with van der Waals surface area (Å²) < 4.78 is 0. The average Bonchev–Trinajstić information content (AvgIpc) is 2.38. The Hall–Kier alpha value is -1.70. The van der Waals surface area contributed by atoms with Gasteiger partial charge in [-0.2, -0.15) is 0 Å². The molecule has 0 spiro atoms. The average molecular weight is 212 g/mol. The van der Waals surface area contributed by atoms with Gasteiger partial charge in [-0.15, -0.1) is 0 Å². The summed E-state index contributed by atoms with van der Waals surface area (Å²) in [7, 11) is 0. The zero-order valence-electron chi connectivity index (χ0n) is 9.50. The second kappa shape index (κ2) is 5.40. The van der Waals surface area contributed by atoms with Crippen molar-refractivity contribution in [1.29, 1.82) is 0 Å². The van der Waals surface area contributed by atoms with Gasteiger partial charge in [-0.1, -0.05) is 13.3 Å². The van der Waals surface area contributed by atoms with E-state index >= 15 is 0 Å². The normalized spacial score (nSPS) is 10.6. The highest BCUT2D eigenvalue weighted by molar-refractivity contribution is 5.29. The van der Waals surface area contributed by atoms with E-state index < -0.39 is 0 Å². The number of pyridine rings is 2. The van der Waals surface area contributed by atoms with E-state index in [1.807, 2.05) is 24.8 Å². The molecule has 0 fully saturated rings. The maximum atomic E-state index is 4.07. The zero-order valence-corrected chi connectivity index (χ0v) is 9.50. The van der Waals surface area contributed by atoms with Gasteiger partial charge in [-0.3, -0.25) is 9.97 Å². The van der Waals surface area contributed by atoms with E-state index in [9.17, 15) is 0 Å². The van der Waals surface area contributed by atoms with Crippen molar-refractivity contribution in [1.82, 2.24) is 9.97 Å². The van der Waals surface area contributed by atoms with Crippen LogP contribution in [-0.4, -0.2) is 9.97 Å². The van der Waals surface area contributed by atoms with Gasteiger partial charge < -0.3 is 0 Å². The van der Waals surface area contributed by atoms with Crippen molar-refractivity contribution in [3.8, 4) is 0 Å². The third-order valence-corrected chi connectivity index (χ3v) is 2.79. The van der Waals surface area contributed by atoms with Crippen LogP contribution in [0.25, 0.3) is 0 Å². The smallest absolute Gasteiger partial charge is 0.0270 e. The topological polar surface area (TPSA) is 25.8 Å². The van der Waals surface area contributed by atoms with Gasteiger partial charge >= 0.3 is 0 Å². The fraction of sp³-hybridized carbons (Fsp3) is 0.286. The minimum atomic E-state index is 0.469. The van der Waals surface area contributed by atoms with Crippen LogP contribution in [0.2, 0.25) is 0 Å². The largest absolute Gasteiger partial charge is 0.265 e. The predicted octanol–water partition coefficient (Wildman–Crippen LogP) is 3.41. The lowest BCUT2D eigenvalue weighted by molar-refractivity contribution is 0.696. The first-order valence-electron chi connectivity index (χ1n) is 5.71. The number of aromatic nitrogens is 2. The SMILES string of the molecule is CCCC(c1ccncc1)c1ccncc1. The molecule has 0 saturated heterocycles. The Labute approximate surface area is 96.4 Å². The Morgan fingerprint density at radius 2 is 1.31 bits per heavy atom. The van der Waals surface area contributed by atoms with Crippen LogP contribution in [-0.2, 0) is 0 Å². The van der Waals surface area contributed by atoms with Gasteiger partial charge in [0.1, 0.15) is 0 Å². The molecule has 0 aliphatic heterocycles. The monoisotopic (exact) mass is 212 g/mol. The summed E-state index contributed by atoms with van der Waals surface area (Å²) in [6.07, 6.45) is 9.78. The molecule has 2 aromatic heterocycles. The van der Waals surface area contributed by atoms with Crippen molar-refractivity contribution in [3.05, 3.63) is 60.2 Å². The lowest BCUT2D eigenvalue weighted by Crippen LogP contribution is -2.01. The molecule has 0 aromatic carbocycles. The van der Waals surface area contributed by atoms with Crippen LogP contribution in [0, 0.1) is 0 Å². The Bertz CT molecular complexity index is 372. The molecule has 0 atom stereocenters. The minimum absolute atomic E-state index is 0.469. The summed E-state index contributed by atoms with van der Waals surface area (Å²) in [6.45, 7) is 2.22. The van der Waals surface area contributed by atoms with E-state index in [2.05, 4.69) is 41.2 Å². The summed E-state index contributed by atoms with van der Waals surface area (Å²) in [5, 5.41) is 0. The van der Waals surface area contributed by atoms with Crippen LogP contribution >= 0.6 is 0 Å². The van der Waals surface area contributed by atoms with E-state index in [1.54, 1.807) is 0 Å². The van der Waals surface area contributed by atoms with Gasteiger partial charge in [0, 0.05) is 30.7 Å². The van der Waals surface area contributed by atoms with E-state index in [4.69, 9.17) is 0 Å². The van der Waals surface area contributed by atoms with E-state index in [-0.39, 0.29) is 0 Å². The third kappa shape index (κ3) is 2.45. The van der Waals surface area contributed by atoms with Gasteiger partial charge in [0.15, 0.2) is 0 Å². The van der Waals surface area contributed by atoms with Crippen LogP contribution < -0.4 is 0 Å². The molecular formula is C14H16N2. The molecule has 2 heterocycles. The number of rotatable bonds is 4. The van der Waals surface area contributed by atoms with E-state index in [0.717, 1.165) is 6.42 Å². The first-order chi connectivity index (χ1) is 7.92. The highest BCUT2D eigenvalue weighted by Crippen LogP contribution is 2.28. The van der Waals surface area contributed by atoms with Gasteiger partial charge in [-0.05, 0) is 41.8 Å². The molecule has 82 valence electrons. The molecule has 16 heavy (non-hydrogen) atoms. The van der Waals surface area contributed by atoms with Crippen molar-refractivity contribution >= 4 is 0 Å². The van der Waals surface area contributed by atoms with E-state index in [0.29, 0.717) is 5.92 Å². The fourth-order valence-electron chi connectivity index (χ4n) is 2.01. The van der Waals surface area contributed by atoms with Gasteiger partial charge in [-0.25, -0.2) is 0 Å². The molecule has 2 aromatic rings. The van der Waals surface area contributed by atoms with Gasteiger partial charge in [0.25, 0.3) is 0 Å². The maximum Gasteiger partial charge on any atom is 0.0270 e. The zero-order chi connectivity index (χ0) is 11.2. The van der Waals surface area contributed by atoms with Crippen molar-refractivity contribution in [2.45, 2.75) is 25.7 Å². The number of hydrogen-bond acceptors (Lipinski definition) is 2. The van der Waals surface area contributed by atoms with Crippen LogP contribution in [0.3, 0.4) is 0 Å². The summed E-state index contributed by atoms with van der Waals surface area (Å²) in [5.41, 5.74) is 2.67. The Morgan fingerprint density at radius 1 is 0.875 bits per heavy atom. The summed E-state index contributed by atoms with van der Waals surface area (Å²) in [6, 6.07) is 8.39. The summed E-state index contributed by atoms with van der Waals surface area (Å²) in [5.74, 6) is 0.469. The molecule has 2 heteroatoms. The fourth-order valence-corrected chi connectivity index (χ4v) is 2.01. The molecule has 2 nitrogen and oxygen atoms in total. The van der Waals surface area contributed by atoms with Crippen molar-refractivity contribution in [2.24, 2.45) is 0 Å². The van der Waals surface area contributed by atoms with Crippen LogP contribution in [0.1, 0.15) is 36.8 Å². The van der Waals surface area contributed by atoms with Crippen LogP contribution in [0.5, 0.6) is 0 Å².